The number of hydrogen-bond donors (Lipinski definition) is 2. The van der Waals surface area contributed by atoms with Crippen molar-refractivity contribution in [2.45, 2.75) is 45.4 Å². The van der Waals surface area contributed by atoms with Crippen molar-refractivity contribution in [2.75, 3.05) is 0 Å². The normalized spacial score (nSPS) is 13.3. The van der Waals surface area contributed by atoms with E-state index in [1.165, 1.54) is 6.07 Å². The van der Waals surface area contributed by atoms with Crippen molar-refractivity contribution in [3.8, 4) is 11.1 Å². The molecular formula is C25H26ClFN2O3. The highest BCUT2D eigenvalue weighted by Gasteiger charge is 2.27. The van der Waals surface area contributed by atoms with Crippen LogP contribution in [0.5, 0.6) is 0 Å². The number of carbonyl (C=O) groups is 1. The van der Waals surface area contributed by atoms with E-state index in [0.29, 0.717) is 21.7 Å². The van der Waals surface area contributed by atoms with Crippen LogP contribution in [0.4, 0.5) is 9.18 Å². The second-order valence-electron chi connectivity index (χ2n) is 8.59. The number of hydrogen-bond acceptors (Lipinski definition) is 4. The van der Waals surface area contributed by atoms with Gasteiger partial charge < -0.3 is 15.2 Å². The Balaban J connectivity index is 1.90. The summed E-state index contributed by atoms with van der Waals surface area (Å²) in [6, 6.07) is 12.9. The molecule has 0 fully saturated rings. The standard InChI is InChI=1S/C25H26ClFN2O3/c1-15-5-6-18(12-21(15)26)22(29-24(31)32-25(2,3)4)23(30)17-9-7-16(8-10-17)19-11-20(27)14-28-13-19/h5-14,22-23,30H,1-4H3,(H,29,31). The molecule has 32 heavy (non-hydrogen) atoms. The number of nitrogens with zero attached hydrogens (tertiary/aromatic N) is 1. The zero-order valence-corrected chi connectivity index (χ0v) is 19.2. The van der Waals surface area contributed by atoms with E-state index in [1.54, 1.807) is 63.4 Å². The highest BCUT2D eigenvalue weighted by atomic mass is 35.5. The van der Waals surface area contributed by atoms with E-state index in [9.17, 15) is 14.3 Å². The largest absolute Gasteiger partial charge is 0.444 e. The maximum absolute atomic E-state index is 13.5. The first-order valence-electron chi connectivity index (χ1n) is 10.2. The lowest BCUT2D eigenvalue weighted by molar-refractivity contribution is 0.0419. The fourth-order valence-electron chi connectivity index (χ4n) is 3.22. The number of alkyl carbamates (subject to hydrolysis) is 1. The molecular weight excluding hydrogens is 431 g/mol. The van der Waals surface area contributed by atoms with E-state index >= 15 is 0 Å². The number of aliphatic hydroxyl groups is 1. The minimum absolute atomic E-state index is 0.426. The predicted molar refractivity (Wildman–Crippen MR) is 123 cm³/mol. The van der Waals surface area contributed by atoms with Crippen LogP contribution in [-0.4, -0.2) is 21.8 Å². The average molecular weight is 457 g/mol. The molecule has 2 aromatic carbocycles. The summed E-state index contributed by atoms with van der Waals surface area (Å²) < 4.78 is 18.9. The maximum Gasteiger partial charge on any atom is 0.408 e. The van der Waals surface area contributed by atoms with Crippen LogP contribution >= 0.6 is 11.6 Å². The Morgan fingerprint density at radius 3 is 2.31 bits per heavy atom. The van der Waals surface area contributed by atoms with Crippen molar-refractivity contribution in [1.29, 1.82) is 0 Å². The Kier molecular flexibility index (Phi) is 7.16. The molecule has 7 heteroatoms. The van der Waals surface area contributed by atoms with Gasteiger partial charge in [0, 0.05) is 16.8 Å². The number of halogens is 2. The van der Waals surface area contributed by atoms with Crippen LogP contribution in [-0.2, 0) is 4.74 Å². The van der Waals surface area contributed by atoms with Gasteiger partial charge in [0.05, 0.1) is 12.2 Å². The molecule has 0 spiro atoms. The number of carbonyl (C=O) groups excluding carboxylic acids is 1. The molecule has 2 unspecified atom stereocenters. The fraction of sp³-hybridized carbons (Fsp3) is 0.280. The molecule has 0 aliphatic carbocycles. The van der Waals surface area contributed by atoms with Gasteiger partial charge in [0.1, 0.15) is 17.5 Å². The number of nitrogens with one attached hydrogen (secondary N) is 1. The molecule has 2 atom stereocenters. The third-order valence-corrected chi connectivity index (χ3v) is 5.24. The highest BCUT2D eigenvalue weighted by molar-refractivity contribution is 6.31. The summed E-state index contributed by atoms with van der Waals surface area (Å²) in [5.41, 5.74) is 2.77. The number of rotatable bonds is 5. The lowest BCUT2D eigenvalue weighted by Gasteiger charge is -2.27. The second kappa shape index (κ2) is 9.67. The van der Waals surface area contributed by atoms with E-state index < -0.39 is 29.7 Å². The van der Waals surface area contributed by atoms with Gasteiger partial charge in [-0.1, -0.05) is 48.0 Å². The zero-order valence-electron chi connectivity index (χ0n) is 18.4. The molecule has 0 radical (unpaired) electrons. The van der Waals surface area contributed by atoms with Crippen molar-refractivity contribution in [1.82, 2.24) is 10.3 Å². The average Bonchev–Trinajstić information content (AvgIpc) is 2.72. The fourth-order valence-corrected chi connectivity index (χ4v) is 3.41. The Labute approximate surface area is 192 Å². The Morgan fingerprint density at radius 2 is 1.72 bits per heavy atom. The molecule has 0 saturated carbocycles. The van der Waals surface area contributed by atoms with Crippen molar-refractivity contribution in [2.24, 2.45) is 0 Å². The van der Waals surface area contributed by atoms with Gasteiger partial charge >= 0.3 is 6.09 Å². The van der Waals surface area contributed by atoms with E-state index in [-0.39, 0.29) is 0 Å². The number of aliphatic hydroxyl groups excluding tert-OH is 1. The minimum atomic E-state index is -1.08. The van der Waals surface area contributed by atoms with Crippen LogP contribution in [0.1, 0.15) is 49.6 Å². The summed E-state index contributed by atoms with van der Waals surface area (Å²) in [6.07, 6.45) is 0.971. The number of amides is 1. The van der Waals surface area contributed by atoms with Gasteiger partial charge in [-0.3, -0.25) is 4.98 Å². The van der Waals surface area contributed by atoms with Gasteiger partial charge in [-0.15, -0.1) is 0 Å². The molecule has 1 amide bonds. The summed E-state index contributed by atoms with van der Waals surface area (Å²) in [5, 5.41) is 14.4. The van der Waals surface area contributed by atoms with Gasteiger partial charge in [0.25, 0.3) is 0 Å². The number of ether oxygens (including phenoxy) is 1. The number of aromatic nitrogens is 1. The van der Waals surface area contributed by atoms with Crippen LogP contribution in [0.2, 0.25) is 5.02 Å². The van der Waals surface area contributed by atoms with Crippen LogP contribution in [0.15, 0.2) is 60.9 Å². The third kappa shape index (κ3) is 6.05. The van der Waals surface area contributed by atoms with Gasteiger partial charge in [0.15, 0.2) is 0 Å². The molecule has 0 aliphatic rings. The molecule has 0 saturated heterocycles. The molecule has 3 rings (SSSR count). The Bertz CT molecular complexity index is 1100. The van der Waals surface area contributed by atoms with Crippen molar-refractivity contribution < 1.29 is 19.0 Å². The zero-order chi connectivity index (χ0) is 23.5. The van der Waals surface area contributed by atoms with Crippen LogP contribution in [0.25, 0.3) is 11.1 Å². The van der Waals surface area contributed by atoms with E-state index in [4.69, 9.17) is 16.3 Å². The third-order valence-electron chi connectivity index (χ3n) is 4.83. The SMILES string of the molecule is Cc1ccc(C(NC(=O)OC(C)(C)C)C(O)c2ccc(-c3cncc(F)c3)cc2)cc1Cl. The van der Waals surface area contributed by atoms with Crippen molar-refractivity contribution in [3.63, 3.8) is 0 Å². The van der Waals surface area contributed by atoms with Crippen molar-refractivity contribution >= 4 is 17.7 Å². The molecule has 3 aromatic rings. The number of pyridine rings is 1. The Morgan fingerprint density at radius 1 is 1.06 bits per heavy atom. The van der Waals surface area contributed by atoms with E-state index in [1.807, 2.05) is 13.0 Å². The molecule has 168 valence electrons. The summed E-state index contributed by atoms with van der Waals surface area (Å²) in [4.78, 5) is 16.3. The molecule has 0 bridgehead atoms. The van der Waals surface area contributed by atoms with E-state index in [2.05, 4.69) is 10.3 Å². The summed E-state index contributed by atoms with van der Waals surface area (Å²) in [7, 11) is 0. The first kappa shape index (κ1) is 23.7. The monoisotopic (exact) mass is 456 g/mol. The summed E-state index contributed by atoms with van der Waals surface area (Å²) >= 11 is 6.29. The number of aryl methyl sites for hydroxylation is 1. The summed E-state index contributed by atoms with van der Waals surface area (Å²) in [5.74, 6) is -0.426. The van der Waals surface area contributed by atoms with Crippen LogP contribution in [0, 0.1) is 12.7 Å². The molecule has 5 nitrogen and oxygen atoms in total. The maximum atomic E-state index is 13.5. The first-order chi connectivity index (χ1) is 15.0. The highest BCUT2D eigenvalue weighted by Crippen LogP contribution is 2.32. The minimum Gasteiger partial charge on any atom is -0.444 e. The van der Waals surface area contributed by atoms with E-state index in [0.717, 1.165) is 17.3 Å². The molecule has 1 heterocycles. The molecule has 0 aliphatic heterocycles. The van der Waals surface area contributed by atoms with Crippen molar-refractivity contribution in [3.05, 3.63) is 88.5 Å². The lowest BCUT2D eigenvalue weighted by Crippen LogP contribution is -2.37. The topological polar surface area (TPSA) is 71.5 Å². The van der Waals surface area contributed by atoms with Crippen LogP contribution in [0.3, 0.4) is 0 Å². The molecule has 2 N–H and O–H groups in total. The van der Waals surface area contributed by atoms with Gasteiger partial charge in [-0.25, -0.2) is 9.18 Å². The van der Waals surface area contributed by atoms with Gasteiger partial charge in [0.2, 0.25) is 0 Å². The predicted octanol–water partition coefficient (Wildman–Crippen LogP) is 6.15. The summed E-state index contributed by atoms with van der Waals surface area (Å²) in [6.45, 7) is 7.17. The lowest BCUT2D eigenvalue weighted by atomic mass is 9.94. The smallest absolute Gasteiger partial charge is 0.408 e. The second-order valence-corrected chi connectivity index (χ2v) is 9.00. The van der Waals surface area contributed by atoms with Gasteiger partial charge in [-0.05, 0) is 62.1 Å². The Hall–Kier alpha value is -2.96. The molecule has 1 aromatic heterocycles. The van der Waals surface area contributed by atoms with Crippen LogP contribution < -0.4 is 5.32 Å². The van der Waals surface area contributed by atoms with Gasteiger partial charge in [-0.2, -0.15) is 0 Å². The quantitative estimate of drug-likeness (QED) is 0.483. The first-order valence-corrected chi connectivity index (χ1v) is 10.6. The number of benzene rings is 2.